The third kappa shape index (κ3) is 4.06. The van der Waals surface area contributed by atoms with Crippen LogP contribution in [-0.4, -0.2) is 51.5 Å². The second-order valence-corrected chi connectivity index (χ2v) is 5.86. The molecule has 0 radical (unpaired) electrons. The normalized spacial score (nSPS) is 11.8. The maximum absolute atomic E-state index is 12.9. The summed E-state index contributed by atoms with van der Waals surface area (Å²) in [4.78, 5) is 41.9. The van der Waals surface area contributed by atoms with Gasteiger partial charge in [0.2, 0.25) is 0 Å². The molecule has 1 atom stereocenters. The number of hydrogen-bond acceptors (Lipinski definition) is 6. The molecule has 138 valence electrons. The molecule has 1 amide bonds. The van der Waals surface area contributed by atoms with E-state index in [0.717, 1.165) is 0 Å². The Kier molecular flexibility index (Phi) is 5.68. The van der Waals surface area contributed by atoms with Crippen LogP contribution in [0.1, 0.15) is 22.1 Å². The van der Waals surface area contributed by atoms with Crippen molar-refractivity contribution < 1.29 is 9.53 Å². The monoisotopic (exact) mass is 365 g/mol. The molecule has 0 aromatic carbocycles. The van der Waals surface area contributed by atoms with Gasteiger partial charge in [-0.15, -0.1) is 0 Å². The number of hydrogen-bond donors (Lipinski definition) is 1. The Morgan fingerprint density at radius 1 is 1.19 bits per heavy atom. The zero-order valence-electron chi connectivity index (χ0n) is 15.0. The van der Waals surface area contributed by atoms with E-state index in [1.54, 1.807) is 57.0 Å². The van der Waals surface area contributed by atoms with E-state index in [1.165, 1.54) is 11.1 Å². The number of carbonyl (C=O) groups excluding carboxylic acids is 1. The van der Waals surface area contributed by atoms with Gasteiger partial charge in [-0.2, -0.15) is 0 Å². The Morgan fingerprint density at radius 2 is 2.04 bits per heavy atom. The fraction of sp³-hybridized carbons (Fsp3) is 0.211. The molecule has 0 spiro atoms. The van der Waals surface area contributed by atoms with Gasteiger partial charge in [0, 0.05) is 44.5 Å². The van der Waals surface area contributed by atoms with Crippen molar-refractivity contribution in [2.45, 2.75) is 6.04 Å². The van der Waals surface area contributed by atoms with Gasteiger partial charge in [0.15, 0.2) is 0 Å². The average Bonchev–Trinajstić information content (AvgIpc) is 2.72. The third-order valence-corrected chi connectivity index (χ3v) is 4.11. The molecule has 0 bridgehead atoms. The van der Waals surface area contributed by atoms with Crippen LogP contribution in [0.25, 0.3) is 11.4 Å². The standard InChI is InChI=1S/C19H19N5O3/c1-24(16(12-27-2)15-7-3-4-9-21-15)19(26)14-11-22-17(23-18(14)25)13-6-5-8-20-10-13/h3-11,16H,12H2,1-2H3,(H,22,23,25)/t16-/m0/s1. The maximum atomic E-state index is 12.9. The molecule has 3 rings (SSSR count). The highest BCUT2D eigenvalue weighted by Crippen LogP contribution is 2.19. The molecule has 27 heavy (non-hydrogen) atoms. The van der Waals surface area contributed by atoms with Gasteiger partial charge in [-0.05, 0) is 24.3 Å². The number of nitrogens with zero attached hydrogens (tertiary/aromatic N) is 4. The molecule has 1 N–H and O–H groups in total. The van der Waals surface area contributed by atoms with E-state index >= 15 is 0 Å². The smallest absolute Gasteiger partial charge is 0.264 e. The Morgan fingerprint density at radius 3 is 2.67 bits per heavy atom. The minimum Gasteiger partial charge on any atom is -0.382 e. The predicted molar refractivity (Wildman–Crippen MR) is 99.0 cm³/mol. The van der Waals surface area contributed by atoms with Gasteiger partial charge in [0.05, 0.1) is 18.3 Å². The lowest BCUT2D eigenvalue weighted by Crippen LogP contribution is -2.37. The number of amides is 1. The van der Waals surface area contributed by atoms with E-state index in [0.29, 0.717) is 17.1 Å². The Bertz CT molecular complexity index is 960. The number of ether oxygens (including phenoxy) is 1. The lowest BCUT2D eigenvalue weighted by Gasteiger charge is -2.27. The molecule has 0 unspecified atom stereocenters. The van der Waals surface area contributed by atoms with Crippen molar-refractivity contribution >= 4 is 5.91 Å². The van der Waals surface area contributed by atoms with Crippen LogP contribution in [0, 0.1) is 0 Å². The van der Waals surface area contributed by atoms with E-state index in [9.17, 15) is 9.59 Å². The average molecular weight is 365 g/mol. The molecule has 0 aliphatic rings. The topological polar surface area (TPSA) is 101 Å². The van der Waals surface area contributed by atoms with E-state index in [1.807, 2.05) is 6.07 Å². The van der Waals surface area contributed by atoms with Gasteiger partial charge >= 0.3 is 0 Å². The van der Waals surface area contributed by atoms with Crippen molar-refractivity contribution in [2.24, 2.45) is 0 Å². The highest BCUT2D eigenvalue weighted by atomic mass is 16.5. The summed E-state index contributed by atoms with van der Waals surface area (Å²) in [6.45, 7) is 0.248. The van der Waals surface area contributed by atoms with Crippen molar-refractivity contribution in [1.82, 2.24) is 24.8 Å². The van der Waals surface area contributed by atoms with Crippen LogP contribution in [-0.2, 0) is 4.74 Å². The van der Waals surface area contributed by atoms with Crippen LogP contribution >= 0.6 is 0 Å². The van der Waals surface area contributed by atoms with E-state index < -0.39 is 17.5 Å². The predicted octanol–water partition coefficient (Wildman–Crippen LogP) is 1.69. The first kappa shape index (κ1) is 18.4. The molecular formula is C19H19N5O3. The first-order valence-electron chi connectivity index (χ1n) is 8.28. The number of H-pyrrole nitrogens is 1. The number of pyridine rings is 2. The van der Waals surface area contributed by atoms with Crippen LogP contribution in [0.2, 0.25) is 0 Å². The summed E-state index contributed by atoms with van der Waals surface area (Å²) >= 11 is 0. The van der Waals surface area contributed by atoms with Crippen molar-refractivity contribution in [1.29, 1.82) is 0 Å². The van der Waals surface area contributed by atoms with E-state index in [4.69, 9.17) is 4.74 Å². The van der Waals surface area contributed by atoms with Crippen molar-refractivity contribution in [2.75, 3.05) is 20.8 Å². The molecule has 0 saturated carbocycles. The van der Waals surface area contributed by atoms with Gasteiger partial charge in [0.25, 0.3) is 11.5 Å². The summed E-state index contributed by atoms with van der Waals surface area (Å²) in [5.41, 5.74) is 0.763. The molecule has 0 fully saturated rings. The van der Waals surface area contributed by atoms with Gasteiger partial charge in [0.1, 0.15) is 11.4 Å². The summed E-state index contributed by atoms with van der Waals surface area (Å²) in [5, 5.41) is 0. The second kappa shape index (κ2) is 8.33. The Balaban J connectivity index is 1.89. The van der Waals surface area contributed by atoms with Crippen molar-refractivity contribution in [3.8, 4) is 11.4 Å². The van der Waals surface area contributed by atoms with E-state index in [-0.39, 0.29) is 12.2 Å². The molecule has 3 heterocycles. The minimum atomic E-state index is -0.516. The molecule has 3 aromatic rings. The molecular weight excluding hydrogens is 346 g/mol. The van der Waals surface area contributed by atoms with Crippen LogP contribution in [0.4, 0.5) is 0 Å². The zero-order chi connectivity index (χ0) is 19.2. The number of nitrogens with one attached hydrogen (secondary N) is 1. The van der Waals surface area contributed by atoms with Gasteiger partial charge in [-0.25, -0.2) is 4.98 Å². The summed E-state index contributed by atoms with van der Waals surface area (Å²) in [7, 11) is 3.15. The lowest BCUT2D eigenvalue weighted by molar-refractivity contribution is 0.0593. The third-order valence-electron chi connectivity index (χ3n) is 4.11. The Labute approximate surface area is 155 Å². The van der Waals surface area contributed by atoms with Crippen LogP contribution < -0.4 is 5.56 Å². The largest absolute Gasteiger partial charge is 0.382 e. The highest BCUT2D eigenvalue weighted by molar-refractivity contribution is 5.93. The quantitative estimate of drug-likeness (QED) is 0.713. The lowest BCUT2D eigenvalue weighted by atomic mass is 10.1. The number of rotatable bonds is 6. The Hall–Kier alpha value is -3.39. The summed E-state index contributed by atoms with van der Waals surface area (Å²) in [6.07, 6.45) is 6.14. The number of carbonyl (C=O) groups is 1. The SMILES string of the molecule is COC[C@@H](c1ccccn1)N(C)C(=O)c1cnc(-c2cccnc2)[nH]c1=O. The van der Waals surface area contributed by atoms with Crippen LogP contribution in [0.5, 0.6) is 0 Å². The van der Waals surface area contributed by atoms with Crippen LogP contribution in [0.3, 0.4) is 0 Å². The first-order chi connectivity index (χ1) is 13.1. The van der Waals surface area contributed by atoms with Gasteiger partial charge in [-0.1, -0.05) is 6.07 Å². The molecule has 0 saturated heterocycles. The molecule has 3 aromatic heterocycles. The highest BCUT2D eigenvalue weighted by Gasteiger charge is 2.26. The maximum Gasteiger partial charge on any atom is 0.264 e. The number of methoxy groups -OCH3 is 1. The second-order valence-electron chi connectivity index (χ2n) is 5.86. The van der Waals surface area contributed by atoms with Crippen molar-refractivity contribution in [3.63, 3.8) is 0 Å². The number of aromatic nitrogens is 4. The summed E-state index contributed by atoms with van der Waals surface area (Å²) < 4.78 is 5.23. The van der Waals surface area contributed by atoms with Gasteiger partial charge < -0.3 is 14.6 Å². The minimum absolute atomic E-state index is 0.0535. The van der Waals surface area contributed by atoms with Crippen LogP contribution in [0.15, 0.2) is 59.9 Å². The fourth-order valence-corrected chi connectivity index (χ4v) is 2.65. The van der Waals surface area contributed by atoms with E-state index in [2.05, 4.69) is 19.9 Å². The molecule has 0 aliphatic heterocycles. The molecule has 0 aliphatic carbocycles. The summed E-state index contributed by atoms with van der Waals surface area (Å²) in [6, 6.07) is 8.52. The first-order valence-corrected chi connectivity index (χ1v) is 8.28. The van der Waals surface area contributed by atoms with Gasteiger partial charge in [-0.3, -0.25) is 19.6 Å². The zero-order valence-corrected chi connectivity index (χ0v) is 15.0. The molecule has 8 heteroatoms. The van der Waals surface area contributed by atoms with Crippen molar-refractivity contribution in [3.05, 3.63) is 76.7 Å². The molecule has 8 nitrogen and oxygen atoms in total. The fourth-order valence-electron chi connectivity index (χ4n) is 2.65. The number of aromatic amines is 1. The number of likely N-dealkylation sites (N-methyl/N-ethyl adjacent to an activating group) is 1. The summed E-state index contributed by atoms with van der Waals surface area (Å²) in [5.74, 6) is -0.111.